The maximum absolute atomic E-state index is 13.7. The minimum atomic E-state index is -0.688. The first kappa shape index (κ1) is 13.1. The van der Waals surface area contributed by atoms with E-state index in [0.717, 1.165) is 0 Å². The lowest BCUT2D eigenvalue weighted by Crippen LogP contribution is -2.16. The molecule has 0 aliphatic carbocycles. The molecule has 0 atom stereocenters. The fourth-order valence-electron chi connectivity index (χ4n) is 1.51. The summed E-state index contributed by atoms with van der Waals surface area (Å²) in [6.07, 6.45) is 1.25. The van der Waals surface area contributed by atoms with Gasteiger partial charge in [-0.15, -0.1) is 5.10 Å². The average Bonchev–Trinajstić information content (AvgIpc) is 2.86. The minimum Gasteiger partial charge on any atom is -0.463 e. The first-order chi connectivity index (χ1) is 9.04. The largest absolute Gasteiger partial charge is 0.463 e. The molecule has 8 heteroatoms. The van der Waals surface area contributed by atoms with E-state index in [4.69, 9.17) is 18.0 Å². The molecule has 1 aromatic carbocycles. The van der Waals surface area contributed by atoms with Crippen LogP contribution in [-0.4, -0.2) is 32.8 Å². The number of hydrogen-bond acceptors (Lipinski definition) is 5. The van der Waals surface area contributed by atoms with Crippen molar-refractivity contribution in [3.05, 3.63) is 41.7 Å². The molecule has 6 nitrogen and oxygen atoms in total. The summed E-state index contributed by atoms with van der Waals surface area (Å²) in [5, 5.41) is 3.88. The molecule has 0 amide bonds. The number of ether oxygens (including phenoxy) is 1. The Morgan fingerprint density at radius 2 is 2.26 bits per heavy atom. The van der Waals surface area contributed by atoms with Gasteiger partial charge in [0.05, 0.1) is 18.4 Å². The Hall–Kier alpha value is -2.35. The van der Waals surface area contributed by atoms with Gasteiger partial charge in [-0.2, -0.15) is 0 Å². The highest BCUT2D eigenvalue weighted by Gasteiger charge is 2.16. The van der Waals surface area contributed by atoms with Crippen molar-refractivity contribution in [2.45, 2.75) is 0 Å². The molecule has 0 aliphatic rings. The first-order valence-electron chi connectivity index (χ1n) is 5.13. The Kier molecular flexibility index (Phi) is 3.52. The number of nitrogens with two attached hydrogens (primary N) is 1. The average molecular weight is 280 g/mol. The van der Waals surface area contributed by atoms with Crippen LogP contribution < -0.4 is 5.73 Å². The van der Waals surface area contributed by atoms with E-state index in [-0.39, 0.29) is 16.4 Å². The molecule has 0 aliphatic heterocycles. The van der Waals surface area contributed by atoms with Crippen LogP contribution in [0.15, 0.2) is 24.5 Å². The summed E-state index contributed by atoms with van der Waals surface area (Å²) in [4.78, 5) is 14.9. The number of hydrogen-bond donors (Lipinski definition) is 1. The number of carbonyl (C=O) groups excluding carboxylic acids is 1. The molecule has 19 heavy (non-hydrogen) atoms. The second-order valence-corrected chi connectivity index (χ2v) is 3.94. The van der Waals surface area contributed by atoms with Crippen molar-refractivity contribution in [3.8, 4) is 5.69 Å². The van der Waals surface area contributed by atoms with Gasteiger partial charge in [0.1, 0.15) is 17.1 Å². The third kappa shape index (κ3) is 2.43. The van der Waals surface area contributed by atoms with Crippen molar-refractivity contribution in [2.75, 3.05) is 7.11 Å². The number of halogens is 1. The van der Waals surface area contributed by atoms with E-state index < -0.39 is 11.8 Å². The molecule has 2 rings (SSSR count). The van der Waals surface area contributed by atoms with Crippen LogP contribution in [0.3, 0.4) is 0 Å². The Morgan fingerprint density at radius 3 is 2.89 bits per heavy atom. The quantitative estimate of drug-likeness (QED) is 0.662. The van der Waals surface area contributed by atoms with Gasteiger partial charge in [-0.05, 0) is 12.1 Å². The molecule has 0 saturated heterocycles. The van der Waals surface area contributed by atoms with Crippen molar-refractivity contribution in [1.29, 1.82) is 0 Å². The summed E-state index contributed by atoms with van der Waals surface area (Å²) >= 11 is 4.80. The smallest absolute Gasteiger partial charge is 0.377 e. The fourth-order valence-corrected chi connectivity index (χ4v) is 1.71. The normalized spacial score (nSPS) is 10.2. The summed E-state index contributed by atoms with van der Waals surface area (Å²) in [7, 11) is 1.21. The van der Waals surface area contributed by atoms with E-state index in [2.05, 4.69) is 14.8 Å². The van der Waals surface area contributed by atoms with Crippen LogP contribution >= 0.6 is 12.2 Å². The third-order valence-corrected chi connectivity index (χ3v) is 2.55. The monoisotopic (exact) mass is 280 g/mol. The SMILES string of the molecule is COC(=O)c1ncn(-c2cccc(F)c2C(N)=S)n1. The third-order valence-electron chi connectivity index (χ3n) is 2.34. The van der Waals surface area contributed by atoms with Gasteiger partial charge in [0.15, 0.2) is 0 Å². The first-order valence-corrected chi connectivity index (χ1v) is 5.54. The summed E-state index contributed by atoms with van der Waals surface area (Å²) < 4.78 is 19.4. The van der Waals surface area contributed by atoms with Gasteiger partial charge < -0.3 is 10.5 Å². The van der Waals surface area contributed by atoms with Crippen molar-refractivity contribution >= 4 is 23.2 Å². The summed E-state index contributed by atoms with van der Waals surface area (Å²) in [6, 6.07) is 4.27. The molecule has 1 heterocycles. The lowest BCUT2D eigenvalue weighted by molar-refractivity contribution is 0.0587. The van der Waals surface area contributed by atoms with Crippen molar-refractivity contribution in [3.63, 3.8) is 0 Å². The Balaban J connectivity index is 2.53. The van der Waals surface area contributed by atoms with Crippen LogP contribution in [0, 0.1) is 5.82 Å². The number of rotatable bonds is 3. The van der Waals surface area contributed by atoms with E-state index in [1.54, 1.807) is 6.07 Å². The topological polar surface area (TPSA) is 83.0 Å². The molecule has 0 unspecified atom stereocenters. The number of aromatic nitrogens is 3. The molecule has 98 valence electrons. The zero-order valence-corrected chi connectivity index (χ0v) is 10.6. The summed E-state index contributed by atoms with van der Waals surface area (Å²) in [5.41, 5.74) is 5.83. The summed E-state index contributed by atoms with van der Waals surface area (Å²) in [6.45, 7) is 0. The molecule has 0 spiro atoms. The molecule has 2 N–H and O–H groups in total. The summed E-state index contributed by atoms with van der Waals surface area (Å²) in [5.74, 6) is -1.40. The van der Waals surface area contributed by atoms with E-state index in [1.165, 1.54) is 30.3 Å². The maximum Gasteiger partial charge on any atom is 0.377 e. The number of thiocarbonyl (C=S) groups is 1. The van der Waals surface area contributed by atoms with Crippen molar-refractivity contribution in [2.24, 2.45) is 5.73 Å². The van der Waals surface area contributed by atoms with E-state index in [1.807, 2.05) is 0 Å². The lowest BCUT2D eigenvalue weighted by atomic mass is 10.1. The maximum atomic E-state index is 13.7. The number of benzene rings is 1. The van der Waals surface area contributed by atoms with Crippen LogP contribution in [0.25, 0.3) is 5.69 Å². The highest BCUT2D eigenvalue weighted by Crippen LogP contribution is 2.17. The van der Waals surface area contributed by atoms with Crippen LogP contribution in [0.5, 0.6) is 0 Å². The zero-order valence-electron chi connectivity index (χ0n) is 9.83. The second kappa shape index (κ2) is 5.11. The van der Waals surface area contributed by atoms with Gasteiger partial charge >= 0.3 is 5.97 Å². The van der Waals surface area contributed by atoms with Gasteiger partial charge in [-0.25, -0.2) is 18.9 Å². The van der Waals surface area contributed by atoms with Crippen LogP contribution in [0.4, 0.5) is 4.39 Å². The molecule has 0 bridgehead atoms. The van der Waals surface area contributed by atoms with Gasteiger partial charge in [-0.1, -0.05) is 18.3 Å². The van der Waals surface area contributed by atoms with E-state index in [9.17, 15) is 9.18 Å². The van der Waals surface area contributed by atoms with Crippen LogP contribution in [0.2, 0.25) is 0 Å². The van der Waals surface area contributed by atoms with E-state index >= 15 is 0 Å². The zero-order chi connectivity index (χ0) is 14.0. The van der Waals surface area contributed by atoms with Gasteiger partial charge in [0, 0.05) is 0 Å². The standard InChI is InChI=1S/C11H9FN4O2S/c1-18-11(17)10-14-5-16(15-10)7-4-2-3-6(12)8(7)9(13)19/h2-5H,1H3,(H2,13,19). The Bertz CT molecular complexity index is 656. The predicted molar refractivity (Wildman–Crippen MR) is 68.5 cm³/mol. The molecular weight excluding hydrogens is 271 g/mol. The fraction of sp³-hybridized carbons (Fsp3) is 0.0909. The van der Waals surface area contributed by atoms with Gasteiger partial charge in [-0.3, -0.25) is 0 Å². The second-order valence-electron chi connectivity index (χ2n) is 3.50. The van der Waals surface area contributed by atoms with E-state index in [0.29, 0.717) is 5.69 Å². The molecule has 1 aromatic heterocycles. The minimum absolute atomic E-state index is 0.0406. The van der Waals surface area contributed by atoms with Crippen molar-refractivity contribution < 1.29 is 13.9 Å². The Morgan fingerprint density at radius 1 is 1.53 bits per heavy atom. The predicted octanol–water partition coefficient (Wildman–Crippen LogP) is 0.827. The molecular formula is C11H9FN4O2S. The highest BCUT2D eigenvalue weighted by atomic mass is 32.1. The number of nitrogens with zero attached hydrogens (tertiary/aromatic N) is 3. The molecule has 0 fully saturated rings. The molecule has 2 aromatic rings. The lowest BCUT2D eigenvalue weighted by Gasteiger charge is -2.08. The number of esters is 1. The van der Waals surface area contributed by atoms with Crippen LogP contribution in [-0.2, 0) is 4.74 Å². The number of methoxy groups -OCH3 is 1. The van der Waals surface area contributed by atoms with Gasteiger partial charge in [0.25, 0.3) is 5.82 Å². The van der Waals surface area contributed by atoms with Gasteiger partial charge in [0.2, 0.25) is 0 Å². The van der Waals surface area contributed by atoms with Crippen molar-refractivity contribution in [1.82, 2.24) is 14.8 Å². The van der Waals surface area contributed by atoms with Crippen LogP contribution in [0.1, 0.15) is 16.2 Å². The molecule has 0 radical (unpaired) electrons. The highest BCUT2D eigenvalue weighted by molar-refractivity contribution is 7.80. The molecule has 0 saturated carbocycles. The Labute approximate surface area is 113 Å². The number of carbonyl (C=O) groups is 1.